The van der Waals surface area contributed by atoms with Crippen molar-refractivity contribution in [2.75, 3.05) is 30.9 Å². The van der Waals surface area contributed by atoms with Gasteiger partial charge in [-0.25, -0.2) is 8.42 Å². The highest BCUT2D eigenvalue weighted by Gasteiger charge is 2.39. The number of thiophene rings is 1. The second-order valence-corrected chi connectivity index (χ2v) is 15.9. The third-order valence-corrected chi connectivity index (χ3v) is 12.1. The molecular formula is C30H30F3N7O3S2. The summed E-state index contributed by atoms with van der Waals surface area (Å²) in [6, 6.07) is 4.09. The molecule has 236 valence electrons. The van der Waals surface area contributed by atoms with Gasteiger partial charge in [0.2, 0.25) is 0 Å². The molecule has 8 rings (SSSR count). The van der Waals surface area contributed by atoms with Crippen molar-refractivity contribution in [3.63, 3.8) is 0 Å². The first-order chi connectivity index (χ1) is 21.4. The lowest BCUT2D eigenvalue weighted by Crippen LogP contribution is -2.51. The van der Waals surface area contributed by atoms with E-state index in [-0.39, 0.29) is 40.6 Å². The number of aromatic amines is 1. The van der Waals surface area contributed by atoms with Crippen LogP contribution in [-0.2, 0) is 16.0 Å². The number of pyridine rings is 1. The average molecular weight is 658 g/mol. The predicted octanol–water partition coefficient (Wildman–Crippen LogP) is 5.25. The number of aromatic nitrogens is 5. The zero-order chi connectivity index (χ0) is 31.2. The molecule has 0 amide bonds. The number of nitrogens with one attached hydrogen (secondary N) is 2. The van der Waals surface area contributed by atoms with Crippen LogP contribution in [-0.4, -0.2) is 76.9 Å². The van der Waals surface area contributed by atoms with E-state index < -0.39 is 21.6 Å². The van der Waals surface area contributed by atoms with Crippen LogP contribution in [0.4, 0.5) is 19.0 Å². The molecule has 0 radical (unpaired) electrons. The molecule has 45 heavy (non-hydrogen) atoms. The Morgan fingerprint density at radius 1 is 1.13 bits per heavy atom. The number of alkyl halides is 3. The SMILES string of the molecule is Cc1cc2[nH]ncc2c(-c2nccc3c2sc2nc(OCC4CC(S(C)(=O)=O)C4)nc(N4CC5CCC(C4)N5)c23)c1C(F)(F)F. The van der Waals surface area contributed by atoms with Crippen LogP contribution in [0.2, 0.25) is 0 Å². The molecule has 3 aliphatic rings. The van der Waals surface area contributed by atoms with Crippen molar-refractivity contribution < 1.29 is 26.3 Å². The van der Waals surface area contributed by atoms with Gasteiger partial charge in [0.15, 0.2) is 0 Å². The Bertz CT molecular complexity index is 2080. The van der Waals surface area contributed by atoms with Crippen molar-refractivity contribution in [2.24, 2.45) is 5.92 Å². The van der Waals surface area contributed by atoms with Gasteiger partial charge in [0.05, 0.1) is 44.9 Å². The van der Waals surface area contributed by atoms with Gasteiger partial charge in [0.25, 0.3) is 0 Å². The summed E-state index contributed by atoms with van der Waals surface area (Å²) < 4.78 is 74.2. The Labute approximate surface area is 260 Å². The van der Waals surface area contributed by atoms with E-state index in [1.165, 1.54) is 36.8 Å². The van der Waals surface area contributed by atoms with Gasteiger partial charge in [-0.1, -0.05) is 0 Å². The number of rotatable bonds is 6. The smallest absolute Gasteiger partial charge is 0.417 e. The third-order valence-electron chi connectivity index (χ3n) is 9.43. The standard InChI is InChI=1S/C30H30F3N7O3S2/c1-14-7-21-20(10-35-39-21)22(24(14)30(31,32)33)25-26-19(5-6-34-25)23-27(40-11-16-3-4-17(12-40)36-16)37-29(38-28(23)44-26)43-13-15-8-18(9-15)45(2,41)42/h5-7,10,15-18,36H,3-4,8-9,11-13H2,1-2H3,(H,35,39). The van der Waals surface area contributed by atoms with Gasteiger partial charge in [0.1, 0.15) is 20.5 Å². The quantitative estimate of drug-likeness (QED) is 0.252. The van der Waals surface area contributed by atoms with Crippen molar-refractivity contribution in [1.29, 1.82) is 0 Å². The predicted molar refractivity (Wildman–Crippen MR) is 167 cm³/mol. The van der Waals surface area contributed by atoms with E-state index in [2.05, 4.69) is 25.4 Å². The first-order valence-corrected chi connectivity index (χ1v) is 17.7. The van der Waals surface area contributed by atoms with Gasteiger partial charge < -0.3 is 15.0 Å². The number of benzene rings is 1. The molecule has 0 spiro atoms. The number of piperazine rings is 1. The number of H-pyrrole nitrogens is 1. The number of anilines is 1. The van der Waals surface area contributed by atoms with Gasteiger partial charge in [-0.3, -0.25) is 10.1 Å². The second-order valence-electron chi connectivity index (χ2n) is 12.6. The molecule has 1 aliphatic carbocycles. The third kappa shape index (κ3) is 4.90. The Hall–Kier alpha value is -3.56. The average Bonchev–Trinajstić information content (AvgIpc) is 3.65. The zero-order valence-electron chi connectivity index (χ0n) is 24.5. The monoisotopic (exact) mass is 657 g/mol. The van der Waals surface area contributed by atoms with Crippen LogP contribution in [0.1, 0.15) is 36.8 Å². The normalized spacial score (nSPS) is 23.7. The van der Waals surface area contributed by atoms with Crippen molar-refractivity contribution in [3.8, 4) is 17.3 Å². The summed E-state index contributed by atoms with van der Waals surface area (Å²) in [7, 11) is -3.08. The van der Waals surface area contributed by atoms with E-state index in [9.17, 15) is 21.6 Å². The summed E-state index contributed by atoms with van der Waals surface area (Å²) in [4.78, 5) is 17.0. The van der Waals surface area contributed by atoms with E-state index in [1.807, 2.05) is 6.07 Å². The summed E-state index contributed by atoms with van der Waals surface area (Å²) in [6.45, 7) is 3.21. The van der Waals surface area contributed by atoms with Crippen molar-refractivity contribution >= 4 is 58.2 Å². The van der Waals surface area contributed by atoms with Crippen LogP contribution in [0, 0.1) is 12.8 Å². The summed E-state index contributed by atoms with van der Waals surface area (Å²) in [5, 5.41) is 12.0. The number of hydrogen-bond acceptors (Lipinski definition) is 10. The first-order valence-electron chi connectivity index (χ1n) is 14.9. The molecule has 2 bridgehead atoms. The summed E-state index contributed by atoms with van der Waals surface area (Å²) in [5.41, 5.74) is 0.0384. The van der Waals surface area contributed by atoms with E-state index in [1.54, 1.807) is 6.20 Å². The van der Waals surface area contributed by atoms with Crippen molar-refractivity contribution in [1.82, 2.24) is 30.5 Å². The lowest BCUT2D eigenvalue weighted by molar-refractivity contribution is -0.137. The van der Waals surface area contributed by atoms with Gasteiger partial charge in [-0.05, 0) is 56.2 Å². The maximum absolute atomic E-state index is 14.6. The van der Waals surface area contributed by atoms with Crippen LogP contribution in [0.3, 0.4) is 0 Å². The van der Waals surface area contributed by atoms with E-state index in [4.69, 9.17) is 14.7 Å². The molecule has 2 unspecified atom stereocenters. The number of aryl methyl sites for hydroxylation is 1. The fourth-order valence-corrected chi connectivity index (χ4v) is 9.59. The highest BCUT2D eigenvalue weighted by Crippen LogP contribution is 2.48. The van der Waals surface area contributed by atoms with Crippen LogP contribution in [0.5, 0.6) is 6.01 Å². The molecular weight excluding hydrogens is 628 g/mol. The highest BCUT2D eigenvalue weighted by atomic mass is 32.2. The molecule has 15 heteroatoms. The second kappa shape index (κ2) is 10.2. The van der Waals surface area contributed by atoms with Crippen molar-refractivity contribution in [3.05, 3.63) is 35.7 Å². The highest BCUT2D eigenvalue weighted by molar-refractivity contribution is 7.91. The molecule has 6 heterocycles. The summed E-state index contributed by atoms with van der Waals surface area (Å²) >= 11 is 1.27. The Morgan fingerprint density at radius 2 is 1.89 bits per heavy atom. The fraction of sp³-hybridized carbons (Fsp3) is 0.467. The fourth-order valence-electron chi connectivity index (χ4n) is 7.20. The molecule has 2 aliphatic heterocycles. The van der Waals surface area contributed by atoms with Gasteiger partial charge in [-0.2, -0.15) is 28.2 Å². The molecule has 1 saturated carbocycles. The van der Waals surface area contributed by atoms with E-state index in [0.29, 0.717) is 51.2 Å². The Morgan fingerprint density at radius 3 is 2.60 bits per heavy atom. The van der Waals surface area contributed by atoms with Gasteiger partial charge >= 0.3 is 12.2 Å². The van der Waals surface area contributed by atoms with Crippen LogP contribution >= 0.6 is 11.3 Å². The van der Waals surface area contributed by atoms with Gasteiger partial charge in [-0.15, -0.1) is 11.3 Å². The molecule has 2 saturated heterocycles. The Balaban J connectivity index is 1.28. The lowest BCUT2D eigenvalue weighted by Gasteiger charge is -2.34. The molecule has 2 atom stereocenters. The minimum absolute atomic E-state index is 0.0139. The zero-order valence-corrected chi connectivity index (χ0v) is 26.1. The molecule has 1 aromatic carbocycles. The minimum Gasteiger partial charge on any atom is -0.463 e. The first kappa shape index (κ1) is 28.9. The molecule has 4 aromatic heterocycles. The number of hydrogen-bond donors (Lipinski definition) is 2. The Kier molecular flexibility index (Phi) is 6.56. The topological polar surface area (TPSA) is 126 Å². The maximum atomic E-state index is 14.6. The minimum atomic E-state index is -4.62. The van der Waals surface area contributed by atoms with E-state index in [0.717, 1.165) is 36.7 Å². The molecule has 10 nitrogen and oxygen atoms in total. The molecule has 2 N–H and O–H groups in total. The van der Waals surface area contributed by atoms with Crippen LogP contribution in [0.15, 0.2) is 24.5 Å². The summed E-state index contributed by atoms with van der Waals surface area (Å²) in [5.74, 6) is 0.772. The lowest BCUT2D eigenvalue weighted by atomic mass is 9.85. The number of halogens is 3. The number of ether oxygens (including phenoxy) is 1. The molecule has 5 aromatic rings. The van der Waals surface area contributed by atoms with Gasteiger partial charge in [0, 0.05) is 54.0 Å². The number of nitrogens with zero attached hydrogens (tertiary/aromatic N) is 5. The number of sulfone groups is 1. The number of fused-ring (bicyclic) bond motifs is 6. The molecule has 3 fully saturated rings. The van der Waals surface area contributed by atoms with Crippen LogP contribution < -0.4 is 15.0 Å². The largest absolute Gasteiger partial charge is 0.463 e. The maximum Gasteiger partial charge on any atom is 0.417 e. The summed E-state index contributed by atoms with van der Waals surface area (Å²) in [6.07, 6.45) is 2.80. The van der Waals surface area contributed by atoms with Crippen molar-refractivity contribution in [2.45, 2.75) is 56.1 Å². The van der Waals surface area contributed by atoms with E-state index >= 15 is 0 Å². The van der Waals surface area contributed by atoms with Crippen LogP contribution in [0.25, 0.3) is 42.5 Å².